The van der Waals surface area contributed by atoms with Crippen molar-refractivity contribution in [3.8, 4) is 0 Å². The van der Waals surface area contributed by atoms with Gasteiger partial charge in [0.1, 0.15) is 0 Å². The van der Waals surface area contributed by atoms with Crippen molar-refractivity contribution in [1.29, 1.82) is 0 Å². The molecular formula is C20H26N6O2. The van der Waals surface area contributed by atoms with Crippen molar-refractivity contribution >= 4 is 28.5 Å². The van der Waals surface area contributed by atoms with Gasteiger partial charge in [-0.3, -0.25) is 14.8 Å². The molecule has 2 saturated heterocycles. The number of anilines is 1. The molecule has 8 nitrogen and oxygen atoms in total. The quantitative estimate of drug-likeness (QED) is 0.758. The first kappa shape index (κ1) is 17.5. The fourth-order valence-electron chi connectivity index (χ4n) is 4.93. The number of aromatic amines is 1. The van der Waals surface area contributed by atoms with Crippen LogP contribution in [0, 0.1) is 0 Å². The van der Waals surface area contributed by atoms with E-state index >= 15 is 0 Å². The van der Waals surface area contributed by atoms with Crippen LogP contribution in [-0.4, -0.2) is 70.2 Å². The first-order valence-electron chi connectivity index (χ1n) is 10.2. The molecule has 3 N–H and O–H groups in total. The highest BCUT2D eigenvalue weighted by atomic mass is 16.2. The van der Waals surface area contributed by atoms with Gasteiger partial charge in [-0.05, 0) is 44.5 Å². The summed E-state index contributed by atoms with van der Waals surface area (Å²) in [4.78, 5) is 29.6. The molecule has 3 fully saturated rings. The Balaban J connectivity index is 1.33. The molecule has 0 radical (unpaired) electrons. The molecule has 2 bridgehead atoms. The van der Waals surface area contributed by atoms with Crippen LogP contribution in [0.1, 0.15) is 42.6 Å². The Bertz CT molecular complexity index is 917. The van der Waals surface area contributed by atoms with Gasteiger partial charge in [0.2, 0.25) is 0 Å². The van der Waals surface area contributed by atoms with Gasteiger partial charge in [-0.15, -0.1) is 0 Å². The van der Waals surface area contributed by atoms with Gasteiger partial charge >= 0.3 is 6.03 Å². The molecule has 3 aliphatic rings. The van der Waals surface area contributed by atoms with Crippen LogP contribution in [0.2, 0.25) is 0 Å². The molecule has 148 valence electrons. The highest BCUT2D eigenvalue weighted by Gasteiger charge is 2.44. The van der Waals surface area contributed by atoms with E-state index in [1.807, 2.05) is 23.1 Å². The third-order valence-corrected chi connectivity index (χ3v) is 6.49. The van der Waals surface area contributed by atoms with E-state index in [1.54, 1.807) is 0 Å². The predicted octanol–water partition coefficient (Wildman–Crippen LogP) is 2.16. The van der Waals surface area contributed by atoms with Crippen LogP contribution in [0.3, 0.4) is 0 Å². The number of aromatic nitrogens is 2. The molecular weight excluding hydrogens is 356 g/mol. The molecule has 2 unspecified atom stereocenters. The first-order chi connectivity index (χ1) is 13.6. The number of amides is 3. The van der Waals surface area contributed by atoms with E-state index in [0.717, 1.165) is 43.3 Å². The van der Waals surface area contributed by atoms with Crippen molar-refractivity contribution in [2.75, 3.05) is 25.5 Å². The lowest BCUT2D eigenvalue weighted by molar-refractivity contribution is 0.0646. The summed E-state index contributed by atoms with van der Waals surface area (Å²) in [6, 6.07) is 6.31. The minimum absolute atomic E-state index is 0.0283. The number of likely N-dealkylation sites (tertiary alicyclic amines) is 2. The number of carbonyl (C=O) groups excluding carboxylic acids is 2. The lowest BCUT2D eigenvalue weighted by Gasteiger charge is -2.31. The Morgan fingerprint density at radius 3 is 2.71 bits per heavy atom. The zero-order chi connectivity index (χ0) is 19.3. The number of nitrogens with one attached hydrogen (secondary N) is 3. The molecule has 2 aromatic rings. The van der Waals surface area contributed by atoms with Crippen LogP contribution in [0.4, 0.5) is 10.5 Å². The van der Waals surface area contributed by atoms with E-state index in [9.17, 15) is 9.59 Å². The standard InChI is InChI=1S/C20H26N6O2/c1-25-10-15-9-14(25)11-26(15)19(27)18-16-8-13(6-7-17(16)23-24-18)22-20(28)21-12-4-2-3-5-12/h6-8,12,14-15H,2-5,9-11H2,1H3,(H,23,24)(H2,21,22,28). The number of fused-ring (bicyclic) bond motifs is 3. The number of nitrogens with zero attached hydrogens (tertiary/aromatic N) is 3. The van der Waals surface area contributed by atoms with Gasteiger partial charge < -0.3 is 15.5 Å². The van der Waals surface area contributed by atoms with Crippen molar-refractivity contribution in [3.05, 3.63) is 23.9 Å². The molecule has 1 aromatic carbocycles. The third-order valence-electron chi connectivity index (χ3n) is 6.49. The molecule has 1 saturated carbocycles. The van der Waals surface area contributed by atoms with Crippen LogP contribution in [0.25, 0.3) is 10.9 Å². The van der Waals surface area contributed by atoms with E-state index in [2.05, 4.69) is 32.8 Å². The monoisotopic (exact) mass is 382 g/mol. The van der Waals surface area contributed by atoms with Crippen molar-refractivity contribution in [3.63, 3.8) is 0 Å². The molecule has 1 aromatic heterocycles. The summed E-state index contributed by atoms with van der Waals surface area (Å²) in [7, 11) is 2.12. The Morgan fingerprint density at radius 1 is 1.18 bits per heavy atom. The summed E-state index contributed by atoms with van der Waals surface area (Å²) in [5, 5.41) is 13.9. The summed E-state index contributed by atoms with van der Waals surface area (Å²) >= 11 is 0. The van der Waals surface area contributed by atoms with Crippen LogP contribution in [0.15, 0.2) is 18.2 Å². The van der Waals surface area contributed by atoms with E-state index in [4.69, 9.17) is 0 Å². The van der Waals surface area contributed by atoms with Gasteiger partial charge in [0, 0.05) is 42.3 Å². The Hall–Kier alpha value is -2.61. The molecule has 3 amide bonds. The minimum Gasteiger partial charge on any atom is -0.335 e. The van der Waals surface area contributed by atoms with E-state index < -0.39 is 0 Å². The smallest absolute Gasteiger partial charge is 0.319 e. The third kappa shape index (κ3) is 3.01. The molecule has 3 heterocycles. The van der Waals surface area contributed by atoms with Gasteiger partial charge in [-0.25, -0.2) is 4.79 Å². The minimum atomic E-state index is -0.192. The number of H-pyrrole nitrogens is 1. The predicted molar refractivity (Wildman–Crippen MR) is 106 cm³/mol. The summed E-state index contributed by atoms with van der Waals surface area (Å²) in [6.45, 7) is 1.68. The zero-order valence-corrected chi connectivity index (χ0v) is 16.1. The van der Waals surface area contributed by atoms with Crippen molar-refractivity contribution in [2.24, 2.45) is 0 Å². The second-order valence-corrected chi connectivity index (χ2v) is 8.35. The maximum Gasteiger partial charge on any atom is 0.319 e. The topological polar surface area (TPSA) is 93.4 Å². The number of carbonyl (C=O) groups is 2. The van der Waals surface area contributed by atoms with E-state index in [1.165, 1.54) is 12.8 Å². The maximum atomic E-state index is 13.1. The van der Waals surface area contributed by atoms with E-state index in [0.29, 0.717) is 17.4 Å². The second-order valence-electron chi connectivity index (χ2n) is 8.35. The van der Waals surface area contributed by atoms with Crippen LogP contribution >= 0.6 is 0 Å². The van der Waals surface area contributed by atoms with Crippen LogP contribution < -0.4 is 10.6 Å². The second kappa shape index (κ2) is 6.77. The first-order valence-corrected chi connectivity index (χ1v) is 10.2. The number of hydrogen-bond donors (Lipinski definition) is 3. The fraction of sp³-hybridized carbons (Fsp3) is 0.550. The number of benzene rings is 1. The number of hydrogen-bond acceptors (Lipinski definition) is 4. The highest BCUT2D eigenvalue weighted by molar-refractivity contribution is 6.06. The lowest BCUT2D eigenvalue weighted by atomic mass is 10.1. The van der Waals surface area contributed by atoms with Crippen molar-refractivity contribution in [1.82, 2.24) is 25.3 Å². The van der Waals surface area contributed by atoms with Gasteiger partial charge in [-0.1, -0.05) is 12.8 Å². The summed E-state index contributed by atoms with van der Waals surface area (Å²) < 4.78 is 0. The number of piperazine rings is 1. The molecule has 1 aliphatic carbocycles. The molecule has 2 aliphatic heterocycles. The average Bonchev–Trinajstić information content (AvgIpc) is 3.44. The Kier molecular flexibility index (Phi) is 4.23. The summed E-state index contributed by atoms with van der Waals surface area (Å²) in [5.41, 5.74) is 1.90. The van der Waals surface area contributed by atoms with E-state index in [-0.39, 0.29) is 24.0 Å². The Morgan fingerprint density at radius 2 is 2.00 bits per heavy atom. The maximum absolute atomic E-state index is 13.1. The molecule has 8 heteroatoms. The molecule has 5 rings (SSSR count). The highest BCUT2D eigenvalue weighted by Crippen LogP contribution is 2.31. The summed E-state index contributed by atoms with van der Waals surface area (Å²) in [6.07, 6.45) is 5.47. The van der Waals surface area contributed by atoms with Gasteiger partial charge in [0.05, 0.1) is 5.52 Å². The fourth-order valence-corrected chi connectivity index (χ4v) is 4.93. The molecule has 0 spiro atoms. The number of rotatable bonds is 3. The van der Waals surface area contributed by atoms with Gasteiger partial charge in [-0.2, -0.15) is 5.10 Å². The van der Waals surface area contributed by atoms with Gasteiger partial charge in [0.25, 0.3) is 5.91 Å². The lowest BCUT2D eigenvalue weighted by Crippen LogP contribution is -2.47. The summed E-state index contributed by atoms with van der Waals surface area (Å²) in [5.74, 6) is -0.0283. The van der Waals surface area contributed by atoms with Crippen LogP contribution in [-0.2, 0) is 0 Å². The Labute approximate surface area is 163 Å². The SMILES string of the molecule is CN1CC2CC1CN2C(=O)c1n[nH]c2ccc(NC(=O)NC3CCCC3)cc12. The van der Waals surface area contributed by atoms with Crippen molar-refractivity contribution in [2.45, 2.75) is 50.2 Å². The number of urea groups is 1. The average molecular weight is 382 g/mol. The number of likely N-dealkylation sites (N-methyl/N-ethyl adjacent to an activating group) is 1. The largest absolute Gasteiger partial charge is 0.335 e. The van der Waals surface area contributed by atoms with Gasteiger partial charge in [0.15, 0.2) is 5.69 Å². The van der Waals surface area contributed by atoms with Crippen molar-refractivity contribution < 1.29 is 9.59 Å². The zero-order valence-electron chi connectivity index (χ0n) is 16.1. The normalized spacial score (nSPS) is 25.0. The molecule has 2 atom stereocenters. The molecule has 28 heavy (non-hydrogen) atoms. The van der Waals surface area contributed by atoms with Crippen LogP contribution in [0.5, 0.6) is 0 Å².